The number of nitrogens with zero attached hydrogens (tertiary/aromatic N) is 2. The number of benzene rings is 1. The number of ether oxygens (including phenoxy) is 4. The number of esters is 1. The molecule has 0 spiro atoms. The van der Waals surface area contributed by atoms with Crippen LogP contribution in [-0.2, 0) is 19.1 Å². The van der Waals surface area contributed by atoms with Gasteiger partial charge in [0.1, 0.15) is 5.65 Å². The van der Waals surface area contributed by atoms with Crippen molar-refractivity contribution in [2.45, 2.75) is 6.92 Å². The van der Waals surface area contributed by atoms with E-state index >= 15 is 0 Å². The quantitative estimate of drug-likeness (QED) is 0.359. The van der Waals surface area contributed by atoms with Gasteiger partial charge in [-0.1, -0.05) is 0 Å². The van der Waals surface area contributed by atoms with Gasteiger partial charge in [-0.05, 0) is 37.3 Å². The molecule has 4 rings (SSSR count). The minimum absolute atomic E-state index is 0.00738. The number of aromatic amines is 1. The highest BCUT2D eigenvalue weighted by molar-refractivity contribution is 6.27. The molecule has 9 heteroatoms. The van der Waals surface area contributed by atoms with Crippen LogP contribution >= 0.6 is 0 Å². The van der Waals surface area contributed by atoms with Crippen LogP contribution in [0.2, 0.25) is 0 Å². The molecule has 1 atom stereocenters. The van der Waals surface area contributed by atoms with Gasteiger partial charge in [0.15, 0.2) is 23.2 Å². The molecule has 1 aliphatic rings. The Balaban J connectivity index is 1.74. The highest BCUT2D eigenvalue weighted by Crippen LogP contribution is 2.33. The first kappa shape index (κ1) is 21.1. The van der Waals surface area contributed by atoms with Gasteiger partial charge in [-0.15, -0.1) is 0 Å². The van der Waals surface area contributed by atoms with E-state index in [0.29, 0.717) is 28.4 Å². The first-order valence-corrected chi connectivity index (χ1v) is 9.88. The van der Waals surface area contributed by atoms with E-state index in [1.807, 2.05) is 6.07 Å². The van der Waals surface area contributed by atoms with Gasteiger partial charge in [0.25, 0.3) is 0 Å². The van der Waals surface area contributed by atoms with Crippen molar-refractivity contribution in [2.24, 2.45) is 10.9 Å². The third kappa shape index (κ3) is 3.92. The summed E-state index contributed by atoms with van der Waals surface area (Å²) in [7, 11) is 3.03. The molecule has 1 fully saturated rings. The number of Topliss-reactive ketones (excluding diaryl/α,β-unsaturated/α-hetero) is 1. The summed E-state index contributed by atoms with van der Waals surface area (Å²) in [6.07, 6.45) is 4.94. The molecule has 9 nitrogen and oxygen atoms in total. The summed E-state index contributed by atoms with van der Waals surface area (Å²) in [6.45, 7) is 1.79. The molecule has 0 aliphatic carbocycles. The van der Waals surface area contributed by atoms with E-state index in [4.69, 9.17) is 18.9 Å². The Morgan fingerprint density at radius 2 is 2.06 bits per heavy atom. The van der Waals surface area contributed by atoms with Crippen LogP contribution in [0.15, 0.2) is 53.5 Å². The lowest BCUT2D eigenvalue weighted by atomic mass is 10.0. The van der Waals surface area contributed by atoms with Crippen molar-refractivity contribution < 1.29 is 28.5 Å². The molecule has 0 bridgehead atoms. The number of carbonyl (C=O) groups excluding carboxylic acids is 2. The second-order valence-corrected chi connectivity index (χ2v) is 6.79. The fourth-order valence-corrected chi connectivity index (χ4v) is 3.36. The summed E-state index contributed by atoms with van der Waals surface area (Å²) < 4.78 is 21.4. The third-order valence-corrected chi connectivity index (χ3v) is 4.86. The van der Waals surface area contributed by atoms with Crippen LogP contribution in [-0.4, -0.2) is 48.4 Å². The number of H-pyrrole nitrogens is 1. The van der Waals surface area contributed by atoms with Gasteiger partial charge < -0.3 is 23.9 Å². The standard InChI is InChI=1S/C23H21N3O6/c1-4-31-23(28)19-20(27)18(10-13-12-25-21-15(13)6-5-9-24-21)32-22(19)26-14-7-8-16(29-2)17(11-14)30-3/h5-12,19H,4H2,1-3H3,(H,24,25)/b18-10-,26-22?. The molecule has 164 valence electrons. The molecule has 1 N–H and O–H groups in total. The minimum atomic E-state index is -1.29. The van der Waals surface area contributed by atoms with Crippen molar-refractivity contribution in [3.63, 3.8) is 0 Å². The van der Waals surface area contributed by atoms with Crippen LogP contribution in [0.5, 0.6) is 11.5 Å². The maximum absolute atomic E-state index is 13.1. The smallest absolute Gasteiger partial charge is 0.326 e. The lowest BCUT2D eigenvalue weighted by Gasteiger charge is -2.09. The van der Waals surface area contributed by atoms with Crippen molar-refractivity contribution in [3.05, 3.63) is 54.0 Å². The number of fused-ring (bicyclic) bond motifs is 1. The second-order valence-electron chi connectivity index (χ2n) is 6.79. The number of pyridine rings is 1. The Hall–Kier alpha value is -4.14. The van der Waals surface area contributed by atoms with Gasteiger partial charge in [-0.3, -0.25) is 9.59 Å². The summed E-state index contributed by atoms with van der Waals surface area (Å²) in [5, 5.41) is 0.814. The number of rotatable bonds is 6. The van der Waals surface area contributed by atoms with Crippen molar-refractivity contribution in [3.8, 4) is 11.5 Å². The van der Waals surface area contributed by atoms with Crippen LogP contribution in [0.25, 0.3) is 17.1 Å². The zero-order valence-corrected chi connectivity index (χ0v) is 17.7. The summed E-state index contributed by atoms with van der Waals surface area (Å²) in [6, 6.07) is 8.61. The number of aromatic nitrogens is 2. The average molecular weight is 435 g/mol. The molecule has 1 saturated heterocycles. The maximum atomic E-state index is 13.1. The van der Waals surface area contributed by atoms with Crippen LogP contribution in [0.4, 0.5) is 5.69 Å². The van der Waals surface area contributed by atoms with Crippen molar-refractivity contribution in [1.29, 1.82) is 0 Å². The number of ketones is 1. The van der Waals surface area contributed by atoms with E-state index in [2.05, 4.69) is 15.0 Å². The molecule has 3 aromatic rings. The Labute approximate surface area is 183 Å². The van der Waals surface area contributed by atoms with Crippen molar-refractivity contribution in [1.82, 2.24) is 9.97 Å². The SMILES string of the molecule is CCOC(=O)C1C(=O)/C(=C/c2c[nH]c3ncccc23)OC1=Nc1ccc(OC)c(OC)c1. The molecule has 32 heavy (non-hydrogen) atoms. The highest BCUT2D eigenvalue weighted by Gasteiger charge is 2.44. The van der Waals surface area contributed by atoms with Crippen LogP contribution in [0.1, 0.15) is 12.5 Å². The molecule has 1 aliphatic heterocycles. The lowest BCUT2D eigenvalue weighted by molar-refractivity contribution is -0.147. The number of carbonyl (C=O) groups is 2. The number of hydrogen-bond acceptors (Lipinski definition) is 8. The molecule has 2 aromatic heterocycles. The molecule has 1 aromatic carbocycles. The van der Waals surface area contributed by atoms with Crippen LogP contribution in [0, 0.1) is 5.92 Å². The van der Waals surface area contributed by atoms with E-state index < -0.39 is 17.7 Å². The molecule has 0 radical (unpaired) electrons. The monoisotopic (exact) mass is 435 g/mol. The highest BCUT2D eigenvalue weighted by atomic mass is 16.5. The summed E-state index contributed by atoms with van der Waals surface area (Å²) in [5.74, 6) is -1.64. The largest absolute Gasteiger partial charge is 0.493 e. The lowest BCUT2D eigenvalue weighted by Crippen LogP contribution is -2.27. The average Bonchev–Trinajstić information content (AvgIpc) is 3.35. The first-order valence-electron chi connectivity index (χ1n) is 9.88. The van der Waals surface area contributed by atoms with Crippen LogP contribution < -0.4 is 9.47 Å². The van der Waals surface area contributed by atoms with Gasteiger partial charge in [0.2, 0.25) is 11.7 Å². The fraction of sp³-hybridized carbons (Fsp3) is 0.217. The second kappa shape index (κ2) is 8.93. The number of methoxy groups -OCH3 is 2. The van der Waals surface area contributed by atoms with Gasteiger partial charge >= 0.3 is 5.97 Å². The topological polar surface area (TPSA) is 112 Å². The zero-order chi connectivity index (χ0) is 22.7. The van der Waals surface area contributed by atoms with E-state index in [1.54, 1.807) is 49.7 Å². The minimum Gasteiger partial charge on any atom is -0.493 e. The molecule has 0 saturated carbocycles. The van der Waals surface area contributed by atoms with Gasteiger partial charge in [0.05, 0.1) is 26.5 Å². The summed E-state index contributed by atoms with van der Waals surface area (Å²) in [5.41, 5.74) is 1.80. The van der Waals surface area contributed by atoms with E-state index in [9.17, 15) is 9.59 Å². The van der Waals surface area contributed by atoms with E-state index in [1.165, 1.54) is 14.2 Å². The molecule has 3 heterocycles. The Morgan fingerprint density at radius 1 is 1.25 bits per heavy atom. The Kier molecular flexibility index (Phi) is 5.89. The predicted octanol–water partition coefficient (Wildman–Crippen LogP) is 3.43. The fourth-order valence-electron chi connectivity index (χ4n) is 3.36. The third-order valence-electron chi connectivity index (χ3n) is 4.86. The number of allylic oxidation sites excluding steroid dienone is 1. The summed E-state index contributed by atoms with van der Waals surface area (Å²) >= 11 is 0. The number of nitrogens with one attached hydrogen (secondary N) is 1. The Bertz CT molecular complexity index is 1240. The van der Waals surface area contributed by atoms with Gasteiger partial charge in [0, 0.05) is 29.4 Å². The molecule has 0 amide bonds. The number of hydrogen-bond donors (Lipinski definition) is 1. The van der Waals surface area contributed by atoms with E-state index in [-0.39, 0.29) is 18.3 Å². The zero-order valence-electron chi connectivity index (χ0n) is 17.7. The maximum Gasteiger partial charge on any atom is 0.326 e. The van der Waals surface area contributed by atoms with E-state index in [0.717, 1.165) is 5.39 Å². The summed E-state index contributed by atoms with van der Waals surface area (Å²) in [4.78, 5) is 37.3. The molecular formula is C23H21N3O6. The van der Waals surface area contributed by atoms with Gasteiger partial charge in [-0.2, -0.15) is 0 Å². The molecular weight excluding hydrogens is 414 g/mol. The van der Waals surface area contributed by atoms with Crippen LogP contribution in [0.3, 0.4) is 0 Å². The Morgan fingerprint density at radius 3 is 2.81 bits per heavy atom. The van der Waals surface area contributed by atoms with Gasteiger partial charge in [-0.25, -0.2) is 9.98 Å². The molecule has 1 unspecified atom stereocenters. The first-order chi connectivity index (χ1) is 15.5. The normalized spacial score (nSPS) is 18.2. The van der Waals surface area contributed by atoms with Crippen molar-refractivity contribution in [2.75, 3.05) is 20.8 Å². The predicted molar refractivity (Wildman–Crippen MR) is 117 cm³/mol. The van der Waals surface area contributed by atoms with Crippen molar-refractivity contribution >= 4 is 40.4 Å². The number of aliphatic imine (C=N–C) groups is 1.